The van der Waals surface area contributed by atoms with Gasteiger partial charge in [-0.2, -0.15) is 0 Å². The summed E-state index contributed by atoms with van der Waals surface area (Å²) >= 11 is 0. The van der Waals surface area contributed by atoms with Gasteiger partial charge < -0.3 is 15.0 Å². The Bertz CT molecular complexity index is 946. The molecule has 0 bridgehead atoms. The molecule has 0 aromatic heterocycles. The van der Waals surface area contributed by atoms with Crippen molar-refractivity contribution in [3.8, 4) is 0 Å². The molecule has 4 aromatic carbocycles. The molecule has 0 unspecified atom stereocenters. The molecule has 5 heteroatoms. The quantitative estimate of drug-likeness (QED) is 0.446. The first kappa shape index (κ1) is 28.9. The van der Waals surface area contributed by atoms with Crippen molar-refractivity contribution < 1.29 is 49.4 Å². The molecule has 1 N–H and O–H groups in total. The average Bonchev–Trinajstić information content (AvgIpc) is 2.82. The summed E-state index contributed by atoms with van der Waals surface area (Å²) in [5, 5.41) is 20.5. The second kappa shape index (κ2) is 14.9. The number of carbonyl (C=O) groups excluding carboxylic acids is 1. The monoisotopic (exact) mass is 462 g/mol. The van der Waals surface area contributed by atoms with Gasteiger partial charge in [0.1, 0.15) is 5.92 Å². The molecule has 4 rings (SSSR count). The van der Waals surface area contributed by atoms with Gasteiger partial charge in [0.2, 0.25) is 0 Å². The van der Waals surface area contributed by atoms with E-state index in [1.165, 1.54) is 0 Å². The van der Waals surface area contributed by atoms with Crippen LogP contribution in [-0.4, -0.2) is 17.0 Å². The summed E-state index contributed by atoms with van der Waals surface area (Å²) in [6, 6.07) is 36.8. The maximum atomic E-state index is 11.3. The first-order valence-electron chi connectivity index (χ1n) is 10.2. The first-order chi connectivity index (χ1) is 15.6. The number of benzene rings is 4. The molecule has 4 nitrogen and oxygen atoms in total. The van der Waals surface area contributed by atoms with E-state index in [4.69, 9.17) is 0 Å². The summed E-state index contributed by atoms with van der Waals surface area (Å²) in [4.78, 5) is 22.5. The van der Waals surface area contributed by atoms with Crippen LogP contribution in [0.15, 0.2) is 121 Å². The van der Waals surface area contributed by atoms with Gasteiger partial charge in [0.25, 0.3) is 0 Å². The minimum absolute atomic E-state index is 0. The zero-order valence-corrected chi connectivity index (χ0v) is 20.4. The molecule has 0 aliphatic rings. The van der Waals surface area contributed by atoms with Crippen molar-refractivity contribution in [3.05, 3.63) is 144 Å². The Labute approximate surface area is 223 Å². The number of rotatable bonds is 6. The molecule has 0 saturated carbocycles. The van der Waals surface area contributed by atoms with Crippen molar-refractivity contribution in [2.24, 2.45) is 0 Å². The van der Waals surface area contributed by atoms with Gasteiger partial charge in [0.05, 0.1) is 5.97 Å². The van der Waals surface area contributed by atoms with Gasteiger partial charge in [-0.3, -0.25) is 4.79 Å². The fourth-order valence-corrected chi connectivity index (χ4v) is 3.52. The fraction of sp³-hybridized carbons (Fsp3) is 0.103. The van der Waals surface area contributed by atoms with E-state index in [2.05, 4.69) is 0 Å². The zero-order valence-electron chi connectivity index (χ0n) is 18.4. The SMILES string of the molecule is C.O=C(O)C(c1ccccc1)c1ccccc1.O=C([O-])C(c1ccccc1)c1ccccc1.[Na+]. The third-order valence-corrected chi connectivity index (χ3v) is 5.01. The summed E-state index contributed by atoms with van der Waals surface area (Å²) in [6.07, 6.45) is 0. The number of hydrogen-bond donors (Lipinski definition) is 1. The molecule has 0 radical (unpaired) electrons. The van der Waals surface area contributed by atoms with Crippen LogP contribution in [-0.2, 0) is 9.59 Å². The second-order valence-electron chi connectivity index (χ2n) is 7.17. The van der Waals surface area contributed by atoms with Gasteiger partial charge in [-0.25, -0.2) is 0 Å². The summed E-state index contributed by atoms with van der Waals surface area (Å²) in [6.45, 7) is 0. The summed E-state index contributed by atoms with van der Waals surface area (Å²) in [7, 11) is 0. The van der Waals surface area contributed by atoms with Crippen LogP contribution in [0.1, 0.15) is 41.5 Å². The van der Waals surface area contributed by atoms with E-state index in [1.54, 1.807) is 24.3 Å². The standard InChI is InChI=1S/2C14H12O2.CH4.Na/c2*15-14(16)13(11-7-3-1-4-8-11)12-9-5-2-6-10-12;;/h2*1-10,13H,(H,15,16);1H4;/q;;;+1/p-1. The van der Waals surface area contributed by atoms with Gasteiger partial charge in [-0.05, 0) is 22.3 Å². The van der Waals surface area contributed by atoms with Crippen molar-refractivity contribution in [2.45, 2.75) is 19.3 Å². The Morgan fingerprint density at radius 1 is 0.529 bits per heavy atom. The number of carboxylic acid groups (broad SMARTS) is 2. The minimum atomic E-state index is -1.07. The number of carbonyl (C=O) groups is 2. The van der Waals surface area contributed by atoms with Crippen LogP contribution < -0.4 is 34.7 Å². The number of carboxylic acids is 2. The van der Waals surface area contributed by atoms with Crippen LogP contribution in [0.25, 0.3) is 0 Å². The van der Waals surface area contributed by atoms with E-state index in [-0.39, 0.29) is 37.0 Å². The third kappa shape index (κ3) is 7.99. The van der Waals surface area contributed by atoms with Crippen LogP contribution in [0, 0.1) is 0 Å². The van der Waals surface area contributed by atoms with Crippen LogP contribution >= 0.6 is 0 Å². The minimum Gasteiger partial charge on any atom is -0.549 e. The maximum absolute atomic E-state index is 11.3. The largest absolute Gasteiger partial charge is 1.00 e. The Hall–Kier alpha value is -3.18. The van der Waals surface area contributed by atoms with Crippen molar-refractivity contribution in [2.75, 3.05) is 0 Å². The van der Waals surface area contributed by atoms with E-state index in [1.807, 2.05) is 97.1 Å². The number of aliphatic carboxylic acids is 2. The van der Waals surface area contributed by atoms with Crippen molar-refractivity contribution in [3.63, 3.8) is 0 Å². The van der Waals surface area contributed by atoms with E-state index in [9.17, 15) is 19.8 Å². The molecule has 0 atom stereocenters. The van der Waals surface area contributed by atoms with Gasteiger partial charge in [-0.1, -0.05) is 129 Å². The van der Waals surface area contributed by atoms with E-state index >= 15 is 0 Å². The predicted molar refractivity (Wildman–Crippen MR) is 129 cm³/mol. The normalized spacial score (nSPS) is 9.71. The maximum Gasteiger partial charge on any atom is 1.00 e. The Balaban J connectivity index is 0.000000321. The molecule has 168 valence electrons. The van der Waals surface area contributed by atoms with Crippen molar-refractivity contribution in [1.29, 1.82) is 0 Å². The molecule has 0 aliphatic heterocycles. The average molecular weight is 463 g/mol. The fourth-order valence-electron chi connectivity index (χ4n) is 3.52. The summed E-state index contributed by atoms with van der Waals surface area (Å²) in [5.74, 6) is -3.17. The van der Waals surface area contributed by atoms with Crippen LogP contribution in [0.2, 0.25) is 0 Å². The van der Waals surface area contributed by atoms with E-state index < -0.39 is 23.8 Å². The van der Waals surface area contributed by atoms with Crippen LogP contribution in [0.4, 0.5) is 0 Å². The van der Waals surface area contributed by atoms with E-state index in [0.29, 0.717) is 0 Å². The molecule has 0 spiro atoms. The Kier molecular flexibility index (Phi) is 12.6. The predicted octanol–water partition coefficient (Wildman–Crippen LogP) is 2.11. The Morgan fingerprint density at radius 2 is 0.765 bits per heavy atom. The molecule has 0 heterocycles. The molecule has 0 aliphatic carbocycles. The molecule has 0 fully saturated rings. The molecular weight excluding hydrogens is 435 g/mol. The summed E-state index contributed by atoms with van der Waals surface area (Å²) in [5.41, 5.74) is 3.10. The second-order valence-corrected chi connectivity index (χ2v) is 7.17. The third-order valence-electron chi connectivity index (χ3n) is 5.01. The van der Waals surface area contributed by atoms with Gasteiger partial charge in [0.15, 0.2) is 0 Å². The molecule has 0 saturated heterocycles. The Morgan fingerprint density at radius 3 is 0.971 bits per heavy atom. The van der Waals surface area contributed by atoms with Crippen LogP contribution in [0.3, 0.4) is 0 Å². The van der Waals surface area contributed by atoms with Gasteiger partial charge in [0, 0.05) is 5.92 Å². The van der Waals surface area contributed by atoms with Gasteiger partial charge in [-0.15, -0.1) is 0 Å². The number of hydrogen-bond acceptors (Lipinski definition) is 3. The van der Waals surface area contributed by atoms with Gasteiger partial charge >= 0.3 is 35.5 Å². The van der Waals surface area contributed by atoms with Crippen molar-refractivity contribution in [1.82, 2.24) is 0 Å². The topological polar surface area (TPSA) is 77.4 Å². The first-order valence-corrected chi connectivity index (χ1v) is 10.2. The molecule has 34 heavy (non-hydrogen) atoms. The smallest absolute Gasteiger partial charge is 0.549 e. The molecule has 4 aromatic rings. The van der Waals surface area contributed by atoms with Crippen LogP contribution in [0.5, 0.6) is 0 Å². The summed E-state index contributed by atoms with van der Waals surface area (Å²) < 4.78 is 0. The van der Waals surface area contributed by atoms with Crippen molar-refractivity contribution >= 4 is 11.9 Å². The molecule has 0 amide bonds. The molecular formula is C29H27NaO4. The van der Waals surface area contributed by atoms with E-state index in [0.717, 1.165) is 22.3 Å². The zero-order chi connectivity index (χ0) is 22.8.